The fourth-order valence-electron chi connectivity index (χ4n) is 1.90. The van der Waals surface area contributed by atoms with Crippen molar-refractivity contribution in [1.29, 1.82) is 0 Å². The highest BCUT2D eigenvalue weighted by Crippen LogP contribution is 2.20. The highest BCUT2D eigenvalue weighted by atomic mass is 19.1. The van der Waals surface area contributed by atoms with Crippen molar-refractivity contribution in [1.82, 2.24) is 0 Å². The molecule has 0 saturated heterocycles. The topological polar surface area (TPSA) is 33.4 Å². The molecule has 17 heavy (non-hydrogen) atoms. The number of aliphatic hydroxyl groups is 1. The summed E-state index contributed by atoms with van der Waals surface area (Å²) in [7, 11) is 0. The summed E-state index contributed by atoms with van der Waals surface area (Å²) in [5, 5.41) is 10.2. The predicted molar refractivity (Wildman–Crippen MR) is 63.1 cm³/mol. The monoisotopic (exact) mass is 234 g/mol. The van der Waals surface area contributed by atoms with Gasteiger partial charge in [0.2, 0.25) is 0 Å². The third-order valence-electron chi connectivity index (χ3n) is 2.66. The van der Waals surface area contributed by atoms with Gasteiger partial charge in [-0.2, -0.15) is 0 Å². The van der Waals surface area contributed by atoms with E-state index in [0.29, 0.717) is 17.7 Å². The SMILES string of the molecule is CC(O)(Cc1ccco1)Cc1ccccc1F. The Morgan fingerprint density at radius 1 is 1.18 bits per heavy atom. The molecule has 0 amide bonds. The summed E-state index contributed by atoms with van der Waals surface area (Å²) in [4.78, 5) is 0. The van der Waals surface area contributed by atoms with Crippen LogP contribution in [0.3, 0.4) is 0 Å². The maximum absolute atomic E-state index is 13.5. The van der Waals surface area contributed by atoms with Crippen molar-refractivity contribution < 1.29 is 13.9 Å². The maximum Gasteiger partial charge on any atom is 0.126 e. The van der Waals surface area contributed by atoms with E-state index in [1.807, 2.05) is 0 Å². The van der Waals surface area contributed by atoms with E-state index in [-0.39, 0.29) is 12.2 Å². The van der Waals surface area contributed by atoms with Gasteiger partial charge in [0.05, 0.1) is 11.9 Å². The number of rotatable bonds is 4. The van der Waals surface area contributed by atoms with Gasteiger partial charge in [-0.15, -0.1) is 0 Å². The van der Waals surface area contributed by atoms with Crippen LogP contribution in [0.25, 0.3) is 0 Å². The second kappa shape index (κ2) is 4.72. The number of furan rings is 1. The van der Waals surface area contributed by atoms with E-state index in [1.54, 1.807) is 43.5 Å². The molecule has 0 aliphatic carbocycles. The first kappa shape index (κ1) is 11.9. The molecule has 2 rings (SSSR count). The minimum atomic E-state index is -1.01. The fraction of sp³-hybridized carbons (Fsp3) is 0.286. The van der Waals surface area contributed by atoms with E-state index in [9.17, 15) is 9.50 Å². The molecule has 3 heteroatoms. The minimum Gasteiger partial charge on any atom is -0.469 e. The Labute approximate surface area is 99.7 Å². The predicted octanol–water partition coefficient (Wildman–Crippen LogP) is 2.95. The molecule has 1 atom stereocenters. The highest BCUT2D eigenvalue weighted by Gasteiger charge is 2.24. The molecule has 0 aliphatic rings. The Hall–Kier alpha value is -1.61. The highest BCUT2D eigenvalue weighted by molar-refractivity contribution is 5.20. The van der Waals surface area contributed by atoms with Crippen molar-refractivity contribution >= 4 is 0 Å². The number of hydrogen-bond acceptors (Lipinski definition) is 2. The lowest BCUT2D eigenvalue weighted by Crippen LogP contribution is -2.30. The van der Waals surface area contributed by atoms with Gasteiger partial charge in [0, 0.05) is 12.8 Å². The lowest BCUT2D eigenvalue weighted by Gasteiger charge is -2.22. The van der Waals surface area contributed by atoms with Crippen LogP contribution in [0.2, 0.25) is 0 Å². The molecule has 1 aromatic heterocycles. The summed E-state index contributed by atoms with van der Waals surface area (Å²) in [6.45, 7) is 1.68. The molecule has 1 heterocycles. The fourth-order valence-corrected chi connectivity index (χ4v) is 1.90. The summed E-state index contributed by atoms with van der Waals surface area (Å²) in [5.74, 6) is 0.415. The largest absolute Gasteiger partial charge is 0.469 e. The molecule has 2 nitrogen and oxygen atoms in total. The van der Waals surface area contributed by atoms with Crippen LogP contribution in [-0.2, 0) is 12.8 Å². The first-order valence-electron chi connectivity index (χ1n) is 5.55. The molecule has 0 bridgehead atoms. The Morgan fingerprint density at radius 3 is 2.59 bits per heavy atom. The van der Waals surface area contributed by atoms with Gasteiger partial charge in [0.25, 0.3) is 0 Å². The standard InChI is InChI=1S/C14H15FO2/c1-14(16,10-12-6-4-8-17-12)9-11-5-2-3-7-13(11)15/h2-8,16H,9-10H2,1H3. The molecule has 1 N–H and O–H groups in total. The van der Waals surface area contributed by atoms with Crippen LogP contribution in [0.4, 0.5) is 4.39 Å². The maximum atomic E-state index is 13.5. The van der Waals surface area contributed by atoms with Crippen molar-refractivity contribution in [3.05, 3.63) is 59.8 Å². The van der Waals surface area contributed by atoms with Crippen molar-refractivity contribution in [3.8, 4) is 0 Å². The zero-order chi connectivity index (χ0) is 12.3. The average Bonchev–Trinajstić information content (AvgIpc) is 2.73. The van der Waals surface area contributed by atoms with Gasteiger partial charge in [0.15, 0.2) is 0 Å². The number of hydrogen-bond donors (Lipinski definition) is 1. The van der Waals surface area contributed by atoms with Crippen molar-refractivity contribution in [2.45, 2.75) is 25.4 Å². The van der Waals surface area contributed by atoms with Crippen molar-refractivity contribution in [3.63, 3.8) is 0 Å². The molecule has 2 aromatic rings. The third-order valence-corrected chi connectivity index (χ3v) is 2.66. The van der Waals surface area contributed by atoms with Gasteiger partial charge in [0.1, 0.15) is 11.6 Å². The van der Waals surface area contributed by atoms with E-state index < -0.39 is 5.60 Å². The first-order chi connectivity index (χ1) is 8.07. The summed E-state index contributed by atoms with van der Waals surface area (Å²) in [6.07, 6.45) is 2.20. The van der Waals surface area contributed by atoms with Crippen LogP contribution in [0.5, 0.6) is 0 Å². The van der Waals surface area contributed by atoms with Crippen LogP contribution in [0, 0.1) is 5.82 Å². The normalized spacial score (nSPS) is 14.5. The Balaban J connectivity index is 2.09. The number of benzene rings is 1. The second-order valence-corrected chi connectivity index (χ2v) is 4.52. The Kier molecular flexibility index (Phi) is 3.29. The molecule has 1 aromatic carbocycles. The minimum absolute atomic E-state index is 0.264. The quantitative estimate of drug-likeness (QED) is 0.882. The van der Waals surface area contributed by atoms with Gasteiger partial charge in [-0.05, 0) is 30.7 Å². The lowest BCUT2D eigenvalue weighted by molar-refractivity contribution is 0.0546. The molecule has 0 saturated carbocycles. The molecule has 0 radical (unpaired) electrons. The van der Waals surface area contributed by atoms with Crippen molar-refractivity contribution in [2.24, 2.45) is 0 Å². The average molecular weight is 234 g/mol. The van der Waals surface area contributed by atoms with Crippen LogP contribution < -0.4 is 0 Å². The molecule has 90 valence electrons. The third kappa shape index (κ3) is 3.17. The molecule has 0 spiro atoms. The van der Waals surface area contributed by atoms with Gasteiger partial charge in [-0.3, -0.25) is 0 Å². The summed E-state index contributed by atoms with van der Waals surface area (Å²) in [5.41, 5.74) is -0.496. The molecule has 1 unspecified atom stereocenters. The van der Waals surface area contributed by atoms with E-state index in [4.69, 9.17) is 4.42 Å². The number of halogens is 1. The molecular formula is C14H15FO2. The van der Waals surface area contributed by atoms with Crippen LogP contribution in [0.1, 0.15) is 18.2 Å². The smallest absolute Gasteiger partial charge is 0.126 e. The van der Waals surface area contributed by atoms with E-state index >= 15 is 0 Å². The van der Waals surface area contributed by atoms with E-state index in [1.165, 1.54) is 6.07 Å². The zero-order valence-electron chi connectivity index (χ0n) is 9.69. The summed E-state index contributed by atoms with van der Waals surface area (Å²) >= 11 is 0. The Bertz CT molecular complexity index is 475. The lowest BCUT2D eigenvalue weighted by atomic mass is 9.92. The van der Waals surface area contributed by atoms with Gasteiger partial charge in [-0.25, -0.2) is 4.39 Å². The van der Waals surface area contributed by atoms with Crippen LogP contribution in [0.15, 0.2) is 47.1 Å². The molecular weight excluding hydrogens is 219 g/mol. The van der Waals surface area contributed by atoms with Crippen molar-refractivity contribution in [2.75, 3.05) is 0 Å². The van der Waals surface area contributed by atoms with E-state index in [2.05, 4.69) is 0 Å². The first-order valence-corrected chi connectivity index (χ1v) is 5.55. The molecule has 0 aliphatic heterocycles. The zero-order valence-corrected chi connectivity index (χ0v) is 9.69. The van der Waals surface area contributed by atoms with Gasteiger partial charge < -0.3 is 9.52 Å². The van der Waals surface area contributed by atoms with Crippen LogP contribution >= 0.6 is 0 Å². The van der Waals surface area contributed by atoms with Crippen LogP contribution in [-0.4, -0.2) is 10.7 Å². The van der Waals surface area contributed by atoms with Gasteiger partial charge >= 0.3 is 0 Å². The second-order valence-electron chi connectivity index (χ2n) is 4.52. The summed E-state index contributed by atoms with van der Waals surface area (Å²) < 4.78 is 18.6. The van der Waals surface area contributed by atoms with Gasteiger partial charge in [-0.1, -0.05) is 18.2 Å². The Morgan fingerprint density at radius 2 is 1.94 bits per heavy atom. The summed E-state index contributed by atoms with van der Waals surface area (Å²) in [6, 6.07) is 10.1. The van der Waals surface area contributed by atoms with E-state index in [0.717, 1.165) is 0 Å². The molecule has 0 fully saturated rings.